The summed E-state index contributed by atoms with van der Waals surface area (Å²) in [7, 11) is 3.76. The second kappa shape index (κ2) is 7.47. The van der Waals surface area contributed by atoms with E-state index in [2.05, 4.69) is 35.6 Å². The summed E-state index contributed by atoms with van der Waals surface area (Å²) in [5.41, 5.74) is 0.839. The predicted molar refractivity (Wildman–Crippen MR) is 103 cm³/mol. The SMILES string of the molecule is CN=C(NCCNc1ncnc2c1cnn2C)N1CC2CCCCC2C1. The van der Waals surface area contributed by atoms with E-state index >= 15 is 0 Å². The van der Waals surface area contributed by atoms with Gasteiger partial charge in [0.15, 0.2) is 11.6 Å². The van der Waals surface area contributed by atoms with Crippen molar-refractivity contribution in [3.8, 4) is 0 Å². The third-order valence-corrected chi connectivity index (χ3v) is 5.72. The van der Waals surface area contributed by atoms with Crippen LogP contribution in [0.25, 0.3) is 11.0 Å². The lowest BCUT2D eigenvalue weighted by molar-refractivity contribution is 0.299. The maximum absolute atomic E-state index is 4.49. The Hall–Kier alpha value is -2.38. The van der Waals surface area contributed by atoms with E-state index in [4.69, 9.17) is 0 Å². The Morgan fingerprint density at radius 2 is 1.96 bits per heavy atom. The van der Waals surface area contributed by atoms with Crippen LogP contribution >= 0.6 is 0 Å². The van der Waals surface area contributed by atoms with E-state index in [1.807, 2.05) is 14.1 Å². The van der Waals surface area contributed by atoms with Gasteiger partial charge in [-0.25, -0.2) is 9.97 Å². The van der Waals surface area contributed by atoms with Crippen molar-refractivity contribution < 1.29 is 0 Å². The van der Waals surface area contributed by atoms with Crippen LogP contribution in [0.15, 0.2) is 17.5 Å². The maximum Gasteiger partial charge on any atom is 0.193 e. The summed E-state index contributed by atoms with van der Waals surface area (Å²) in [5, 5.41) is 12.1. The molecule has 8 heteroatoms. The molecular formula is C18H28N8. The quantitative estimate of drug-likeness (QED) is 0.490. The Morgan fingerprint density at radius 3 is 2.69 bits per heavy atom. The number of rotatable bonds is 4. The number of nitrogens with zero attached hydrogens (tertiary/aromatic N) is 6. The van der Waals surface area contributed by atoms with Gasteiger partial charge in [-0.1, -0.05) is 12.8 Å². The molecule has 0 radical (unpaired) electrons. The molecule has 140 valence electrons. The molecule has 1 aliphatic heterocycles. The largest absolute Gasteiger partial charge is 0.368 e. The van der Waals surface area contributed by atoms with Crippen LogP contribution in [0.3, 0.4) is 0 Å². The fourth-order valence-corrected chi connectivity index (χ4v) is 4.37. The highest BCUT2D eigenvalue weighted by atomic mass is 15.3. The highest BCUT2D eigenvalue weighted by molar-refractivity contribution is 5.86. The highest BCUT2D eigenvalue weighted by Gasteiger charge is 2.35. The zero-order valence-corrected chi connectivity index (χ0v) is 15.6. The average Bonchev–Trinajstić information content (AvgIpc) is 3.26. The lowest BCUT2D eigenvalue weighted by Gasteiger charge is -2.22. The van der Waals surface area contributed by atoms with Gasteiger partial charge in [-0.2, -0.15) is 5.10 Å². The van der Waals surface area contributed by atoms with E-state index in [0.29, 0.717) is 0 Å². The van der Waals surface area contributed by atoms with E-state index in [0.717, 1.165) is 60.8 Å². The van der Waals surface area contributed by atoms with Gasteiger partial charge in [0.25, 0.3) is 0 Å². The zero-order chi connectivity index (χ0) is 17.9. The van der Waals surface area contributed by atoms with Gasteiger partial charge in [-0.15, -0.1) is 0 Å². The van der Waals surface area contributed by atoms with Crippen LogP contribution < -0.4 is 10.6 Å². The number of aliphatic imine (C=N–C) groups is 1. The third kappa shape index (κ3) is 3.32. The lowest BCUT2D eigenvalue weighted by Crippen LogP contribution is -2.42. The highest BCUT2D eigenvalue weighted by Crippen LogP contribution is 2.35. The summed E-state index contributed by atoms with van der Waals surface area (Å²) in [4.78, 5) is 15.5. The predicted octanol–water partition coefficient (Wildman–Crippen LogP) is 1.47. The van der Waals surface area contributed by atoms with Gasteiger partial charge in [0.05, 0.1) is 11.6 Å². The number of fused-ring (bicyclic) bond motifs is 2. The van der Waals surface area contributed by atoms with Gasteiger partial charge in [0, 0.05) is 40.3 Å². The maximum atomic E-state index is 4.49. The molecule has 2 fully saturated rings. The summed E-state index contributed by atoms with van der Waals surface area (Å²) in [6, 6.07) is 0. The van der Waals surface area contributed by atoms with Crippen molar-refractivity contribution in [2.24, 2.45) is 23.9 Å². The fraction of sp³-hybridized carbons (Fsp3) is 0.667. The number of nitrogens with one attached hydrogen (secondary N) is 2. The number of anilines is 1. The topological polar surface area (TPSA) is 83.3 Å². The first kappa shape index (κ1) is 17.1. The summed E-state index contributed by atoms with van der Waals surface area (Å²) >= 11 is 0. The number of likely N-dealkylation sites (tertiary alicyclic amines) is 1. The molecule has 2 aliphatic rings. The van der Waals surface area contributed by atoms with Crippen LogP contribution in [0.4, 0.5) is 5.82 Å². The van der Waals surface area contributed by atoms with Gasteiger partial charge < -0.3 is 15.5 Å². The van der Waals surface area contributed by atoms with Crippen LogP contribution in [-0.2, 0) is 7.05 Å². The molecule has 0 amide bonds. The molecule has 1 aliphatic carbocycles. The molecule has 1 saturated heterocycles. The normalized spacial score (nSPS) is 23.3. The summed E-state index contributed by atoms with van der Waals surface area (Å²) in [5.74, 6) is 3.57. The van der Waals surface area contributed by atoms with Crippen LogP contribution in [0, 0.1) is 11.8 Å². The van der Waals surface area contributed by atoms with Crippen molar-refractivity contribution >= 4 is 22.8 Å². The molecule has 2 unspecified atom stereocenters. The lowest BCUT2D eigenvalue weighted by atomic mass is 9.82. The minimum Gasteiger partial charge on any atom is -0.368 e. The average molecular weight is 356 g/mol. The molecule has 2 aromatic rings. The van der Waals surface area contributed by atoms with Crippen molar-refractivity contribution in [1.82, 2.24) is 30.0 Å². The Balaban J connectivity index is 1.29. The van der Waals surface area contributed by atoms with Crippen LogP contribution in [0.5, 0.6) is 0 Å². The number of hydrogen-bond acceptors (Lipinski definition) is 5. The number of aryl methyl sites for hydroxylation is 1. The van der Waals surface area contributed by atoms with Crippen molar-refractivity contribution in [2.75, 3.05) is 38.5 Å². The van der Waals surface area contributed by atoms with Gasteiger partial charge in [-0.3, -0.25) is 9.67 Å². The van der Waals surface area contributed by atoms with E-state index in [-0.39, 0.29) is 0 Å². The first-order valence-electron chi connectivity index (χ1n) is 9.58. The van der Waals surface area contributed by atoms with Gasteiger partial charge in [-0.05, 0) is 24.7 Å². The molecule has 0 bridgehead atoms. The zero-order valence-electron chi connectivity index (χ0n) is 15.6. The van der Waals surface area contributed by atoms with E-state index in [1.165, 1.54) is 25.7 Å². The third-order valence-electron chi connectivity index (χ3n) is 5.72. The van der Waals surface area contributed by atoms with Crippen LogP contribution in [0.2, 0.25) is 0 Å². The van der Waals surface area contributed by atoms with Crippen molar-refractivity contribution in [3.05, 3.63) is 12.5 Å². The minimum atomic E-state index is 0.765. The smallest absolute Gasteiger partial charge is 0.193 e. The summed E-state index contributed by atoms with van der Waals surface area (Å²) in [6.45, 7) is 3.87. The van der Waals surface area contributed by atoms with E-state index in [1.54, 1.807) is 17.2 Å². The minimum absolute atomic E-state index is 0.765. The molecule has 2 atom stereocenters. The molecule has 2 aromatic heterocycles. The Bertz CT molecular complexity index is 769. The number of guanidine groups is 1. The molecule has 2 N–H and O–H groups in total. The van der Waals surface area contributed by atoms with E-state index < -0.39 is 0 Å². The second-order valence-electron chi connectivity index (χ2n) is 7.34. The molecule has 4 rings (SSSR count). The monoisotopic (exact) mass is 356 g/mol. The van der Waals surface area contributed by atoms with Crippen LogP contribution in [0.1, 0.15) is 25.7 Å². The Kier molecular flexibility index (Phi) is 4.90. The molecular weight excluding hydrogens is 328 g/mol. The number of aromatic nitrogens is 4. The number of hydrogen-bond donors (Lipinski definition) is 2. The molecule has 26 heavy (non-hydrogen) atoms. The Morgan fingerprint density at radius 1 is 1.19 bits per heavy atom. The molecule has 3 heterocycles. The van der Waals surface area contributed by atoms with Crippen molar-refractivity contribution in [3.63, 3.8) is 0 Å². The van der Waals surface area contributed by atoms with E-state index in [9.17, 15) is 0 Å². The molecule has 0 spiro atoms. The van der Waals surface area contributed by atoms with Gasteiger partial charge in [0.2, 0.25) is 0 Å². The first-order chi connectivity index (χ1) is 12.8. The molecule has 8 nitrogen and oxygen atoms in total. The van der Waals surface area contributed by atoms with Gasteiger partial charge in [0.1, 0.15) is 12.1 Å². The molecule has 0 aromatic carbocycles. The first-order valence-corrected chi connectivity index (χ1v) is 9.58. The van der Waals surface area contributed by atoms with Crippen molar-refractivity contribution in [1.29, 1.82) is 0 Å². The summed E-state index contributed by atoms with van der Waals surface area (Å²) < 4.78 is 1.76. The molecule has 1 saturated carbocycles. The van der Waals surface area contributed by atoms with Crippen LogP contribution in [-0.4, -0.2) is 63.8 Å². The fourth-order valence-electron chi connectivity index (χ4n) is 4.37. The standard InChI is InChI=1S/C18H28N8/c1-19-18(26-10-13-5-3-4-6-14(13)11-26)21-8-7-20-16-15-9-24-25(2)17(15)23-12-22-16/h9,12-14H,3-8,10-11H2,1-2H3,(H,19,21)(H,20,22,23). The summed E-state index contributed by atoms with van der Waals surface area (Å²) in [6.07, 6.45) is 8.93. The second-order valence-corrected chi connectivity index (χ2v) is 7.34. The van der Waals surface area contributed by atoms with Gasteiger partial charge >= 0.3 is 0 Å². The Labute approximate surface area is 154 Å². The van der Waals surface area contributed by atoms with Crippen molar-refractivity contribution in [2.45, 2.75) is 25.7 Å².